The molecule has 1 aromatic carbocycles. The van der Waals surface area contributed by atoms with Crippen LogP contribution in [0.1, 0.15) is 43.6 Å². The molecule has 0 amide bonds. The van der Waals surface area contributed by atoms with E-state index in [1.54, 1.807) is 5.56 Å². The second-order valence-corrected chi connectivity index (χ2v) is 5.86. The van der Waals surface area contributed by atoms with Crippen LogP contribution in [-0.4, -0.2) is 6.54 Å². The average Bonchev–Trinajstić information content (AvgIpc) is 3.20. The third-order valence-corrected chi connectivity index (χ3v) is 4.89. The van der Waals surface area contributed by atoms with Crippen molar-refractivity contribution in [3.8, 4) is 0 Å². The largest absolute Gasteiger partial charge is 0.330 e. The minimum atomic E-state index is 0.808. The third-order valence-electron chi connectivity index (χ3n) is 4.89. The lowest BCUT2D eigenvalue weighted by molar-refractivity contribution is 0.213. The van der Waals surface area contributed by atoms with Gasteiger partial charge in [0.15, 0.2) is 0 Å². The van der Waals surface area contributed by atoms with Crippen LogP contribution in [-0.2, 0) is 0 Å². The monoisotopic (exact) mass is 229 g/mol. The molecule has 1 aromatic rings. The standard InChI is InChI=1S/C16H23N/c17-11-13-8-4-5-9-14(13)16-10-15(16)12-6-2-1-3-7-12/h1-3,6-7,13-16H,4-5,8-11,17H2. The van der Waals surface area contributed by atoms with Crippen molar-refractivity contribution < 1.29 is 0 Å². The Morgan fingerprint density at radius 2 is 1.76 bits per heavy atom. The lowest BCUT2D eigenvalue weighted by Crippen LogP contribution is -2.28. The van der Waals surface area contributed by atoms with Gasteiger partial charge < -0.3 is 5.73 Å². The molecule has 0 radical (unpaired) electrons. The molecule has 2 aliphatic rings. The van der Waals surface area contributed by atoms with Gasteiger partial charge in [0.25, 0.3) is 0 Å². The average molecular weight is 229 g/mol. The molecule has 2 N–H and O–H groups in total. The highest BCUT2D eigenvalue weighted by atomic mass is 14.6. The fourth-order valence-corrected chi connectivity index (χ4v) is 3.86. The summed E-state index contributed by atoms with van der Waals surface area (Å²) in [6.07, 6.45) is 7.04. The van der Waals surface area contributed by atoms with Crippen LogP contribution in [0.15, 0.2) is 30.3 Å². The van der Waals surface area contributed by atoms with E-state index in [2.05, 4.69) is 30.3 Å². The summed E-state index contributed by atoms with van der Waals surface area (Å²) in [5.41, 5.74) is 7.50. The molecule has 0 aromatic heterocycles. The Balaban J connectivity index is 1.67. The van der Waals surface area contributed by atoms with Crippen molar-refractivity contribution in [1.29, 1.82) is 0 Å². The Kier molecular flexibility index (Phi) is 3.19. The Morgan fingerprint density at radius 3 is 2.53 bits per heavy atom. The number of hydrogen-bond donors (Lipinski definition) is 1. The van der Waals surface area contributed by atoms with Gasteiger partial charge in [0.2, 0.25) is 0 Å². The molecule has 4 atom stereocenters. The van der Waals surface area contributed by atoms with E-state index in [9.17, 15) is 0 Å². The lowest BCUT2D eigenvalue weighted by atomic mass is 9.76. The molecule has 0 aliphatic heterocycles. The zero-order valence-electron chi connectivity index (χ0n) is 10.5. The highest BCUT2D eigenvalue weighted by Crippen LogP contribution is 2.56. The number of nitrogens with two attached hydrogens (primary N) is 1. The zero-order chi connectivity index (χ0) is 11.7. The van der Waals surface area contributed by atoms with E-state index < -0.39 is 0 Å². The molecule has 1 heteroatoms. The quantitative estimate of drug-likeness (QED) is 0.842. The first kappa shape index (κ1) is 11.3. The maximum atomic E-state index is 5.94. The summed E-state index contributed by atoms with van der Waals surface area (Å²) in [6, 6.07) is 11.1. The third kappa shape index (κ3) is 2.26. The van der Waals surface area contributed by atoms with Gasteiger partial charge in [-0.25, -0.2) is 0 Å². The van der Waals surface area contributed by atoms with Gasteiger partial charge in [-0.05, 0) is 55.0 Å². The Hall–Kier alpha value is -0.820. The summed E-state index contributed by atoms with van der Waals surface area (Å²) in [5, 5.41) is 0. The van der Waals surface area contributed by atoms with Crippen molar-refractivity contribution in [2.45, 2.75) is 38.0 Å². The second kappa shape index (κ2) is 4.81. The molecule has 3 rings (SSSR count). The van der Waals surface area contributed by atoms with Crippen LogP contribution in [0, 0.1) is 17.8 Å². The van der Waals surface area contributed by atoms with Gasteiger partial charge in [-0.3, -0.25) is 0 Å². The maximum absolute atomic E-state index is 5.94. The summed E-state index contributed by atoms with van der Waals surface area (Å²) >= 11 is 0. The van der Waals surface area contributed by atoms with Crippen LogP contribution >= 0.6 is 0 Å². The smallest absolute Gasteiger partial charge is 0.00461 e. The molecule has 0 heterocycles. The van der Waals surface area contributed by atoms with Gasteiger partial charge in [0.1, 0.15) is 0 Å². The lowest BCUT2D eigenvalue weighted by Gasteiger charge is -2.31. The van der Waals surface area contributed by atoms with Gasteiger partial charge in [0, 0.05) is 0 Å². The predicted molar refractivity (Wildman–Crippen MR) is 71.8 cm³/mol. The van der Waals surface area contributed by atoms with E-state index in [-0.39, 0.29) is 0 Å². The van der Waals surface area contributed by atoms with Crippen LogP contribution in [0.3, 0.4) is 0 Å². The number of hydrogen-bond acceptors (Lipinski definition) is 1. The zero-order valence-corrected chi connectivity index (χ0v) is 10.5. The van der Waals surface area contributed by atoms with Crippen LogP contribution in [0.4, 0.5) is 0 Å². The molecular formula is C16H23N. The Morgan fingerprint density at radius 1 is 1.00 bits per heavy atom. The minimum Gasteiger partial charge on any atom is -0.330 e. The van der Waals surface area contributed by atoms with Crippen molar-refractivity contribution in [2.24, 2.45) is 23.5 Å². The van der Waals surface area contributed by atoms with Crippen molar-refractivity contribution in [2.75, 3.05) is 6.54 Å². The molecule has 0 spiro atoms. The van der Waals surface area contributed by atoms with Crippen molar-refractivity contribution in [3.63, 3.8) is 0 Å². The van der Waals surface area contributed by atoms with Gasteiger partial charge in [-0.2, -0.15) is 0 Å². The van der Waals surface area contributed by atoms with Crippen LogP contribution in [0.5, 0.6) is 0 Å². The topological polar surface area (TPSA) is 26.0 Å². The molecule has 4 unspecified atom stereocenters. The Bertz CT molecular complexity index is 359. The normalized spacial score (nSPS) is 36.8. The number of benzene rings is 1. The second-order valence-electron chi connectivity index (χ2n) is 5.86. The van der Waals surface area contributed by atoms with E-state index in [1.165, 1.54) is 32.1 Å². The first-order valence-electron chi connectivity index (χ1n) is 7.15. The van der Waals surface area contributed by atoms with Crippen molar-refractivity contribution >= 4 is 0 Å². The molecular weight excluding hydrogens is 206 g/mol. The van der Waals surface area contributed by atoms with Gasteiger partial charge in [-0.15, -0.1) is 0 Å². The molecule has 92 valence electrons. The summed E-state index contributed by atoms with van der Waals surface area (Å²) < 4.78 is 0. The van der Waals surface area contributed by atoms with Crippen LogP contribution in [0.25, 0.3) is 0 Å². The first-order valence-corrected chi connectivity index (χ1v) is 7.15. The van der Waals surface area contributed by atoms with Gasteiger partial charge in [-0.1, -0.05) is 43.2 Å². The Labute approximate surface area is 104 Å². The molecule has 0 saturated heterocycles. The fraction of sp³-hybridized carbons (Fsp3) is 0.625. The predicted octanol–water partition coefficient (Wildman–Crippen LogP) is 3.56. The SMILES string of the molecule is NCC1CCCCC1C1CC1c1ccccc1. The molecule has 2 fully saturated rings. The highest BCUT2D eigenvalue weighted by Gasteiger charge is 2.46. The van der Waals surface area contributed by atoms with Crippen molar-refractivity contribution in [1.82, 2.24) is 0 Å². The molecule has 2 saturated carbocycles. The summed E-state index contributed by atoms with van der Waals surface area (Å²) in [7, 11) is 0. The molecule has 17 heavy (non-hydrogen) atoms. The van der Waals surface area contributed by atoms with Crippen LogP contribution in [0.2, 0.25) is 0 Å². The van der Waals surface area contributed by atoms with Crippen LogP contribution < -0.4 is 5.73 Å². The van der Waals surface area contributed by atoms with Crippen molar-refractivity contribution in [3.05, 3.63) is 35.9 Å². The first-order chi connectivity index (χ1) is 8.40. The molecule has 2 aliphatic carbocycles. The fourth-order valence-electron chi connectivity index (χ4n) is 3.86. The molecule has 1 nitrogen and oxygen atoms in total. The maximum Gasteiger partial charge on any atom is -0.00461 e. The van der Waals surface area contributed by atoms with E-state index in [0.717, 1.165) is 30.2 Å². The summed E-state index contributed by atoms with van der Waals surface area (Å²) in [6.45, 7) is 0.905. The van der Waals surface area contributed by atoms with E-state index in [0.29, 0.717) is 0 Å². The van der Waals surface area contributed by atoms with Gasteiger partial charge >= 0.3 is 0 Å². The summed E-state index contributed by atoms with van der Waals surface area (Å²) in [4.78, 5) is 0. The van der Waals surface area contributed by atoms with E-state index >= 15 is 0 Å². The highest BCUT2D eigenvalue weighted by molar-refractivity contribution is 5.26. The molecule has 0 bridgehead atoms. The number of rotatable bonds is 3. The minimum absolute atomic E-state index is 0.808. The van der Waals surface area contributed by atoms with E-state index in [1.807, 2.05) is 0 Å². The van der Waals surface area contributed by atoms with Gasteiger partial charge in [0.05, 0.1) is 0 Å². The summed E-state index contributed by atoms with van der Waals surface area (Å²) in [5.74, 6) is 3.50. The van der Waals surface area contributed by atoms with E-state index in [4.69, 9.17) is 5.73 Å².